The van der Waals surface area contributed by atoms with Crippen LogP contribution in [0.25, 0.3) is 0 Å². The minimum absolute atomic E-state index is 0.0452. The molecular formula is C7H14F3NS. The van der Waals surface area contributed by atoms with Crippen LogP contribution in [-0.2, 0) is 0 Å². The summed E-state index contributed by atoms with van der Waals surface area (Å²) in [6.45, 7) is 4.59. The molecule has 0 saturated carbocycles. The first-order valence-corrected chi connectivity index (χ1v) is 4.84. The van der Waals surface area contributed by atoms with Crippen molar-refractivity contribution in [2.45, 2.75) is 31.8 Å². The van der Waals surface area contributed by atoms with E-state index in [1.54, 1.807) is 0 Å². The van der Waals surface area contributed by atoms with E-state index in [0.29, 0.717) is 19.0 Å². The lowest BCUT2D eigenvalue weighted by atomic mass is 10.4. The van der Waals surface area contributed by atoms with E-state index >= 15 is 0 Å². The summed E-state index contributed by atoms with van der Waals surface area (Å²) in [6.07, 6.45) is 0.558. The molecule has 0 saturated heterocycles. The van der Waals surface area contributed by atoms with Crippen molar-refractivity contribution >= 4 is 11.8 Å². The molecule has 0 aliphatic carbocycles. The molecule has 0 rings (SSSR count). The summed E-state index contributed by atoms with van der Waals surface area (Å²) in [5, 5.41) is 3.05. The van der Waals surface area contributed by atoms with Gasteiger partial charge in [-0.3, -0.25) is 0 Å². The zero-order valence-corrected chi connectivity index (χ0v) is 8.06. The third-order valence-corrected chi connectivity index (χ3v) is 1.96. The molecule has 0 amide bonds. The van der Waals surface area contributed by atoms with Gasteiger partial charge >= 0.3 is 5.51 Å². The van der Waals surface area contributed by atoms with Crippen molar-refractivity contribution in [2.24, 2.45) is 0 Å². The molecule has 0 aromatic rings. The second-order valence-corrected chi connectivity index (χ2v) is 3.92. The Morgan fingerprint density at radius 1 is 1.33 bits per heavy atom. The number of nitrogens with one attached hydrogen (secondary N) is 1. The van der Waals surface area contributed by atoms with E-state index in [-0.39, 0.29) is 17.5 Å². The van der Waals surface area contributed by atoms with Gasteiger partial charge in [-0.15, -0.1) is 0 Å². The molecule has 0 aromatic carbocycles. The van der Waals surface area contributed by atoms with Gasteiger partial charge in [0.15, 0.2) is 0 Å². The first-order chi connectivity index (χ1) is 5.42. The van der Waals surface area contributed by atoms with Crippen molar-refractivity contribution in [3.05, 3.63) is 0 Å². The monoisotopic (exact) mass is 201 g/mol. The van der Waals surface area contributed by atoms with Gasteiger partial charge in [-0.25, -0.2) is 0 Å². The van der Waals surface area contributed by atoms with Crippen LogP contribution in [0.3, 0.4) is 0 Å². The maximum Gasteiger partial charge on any atom is 0.441 e. The molecule has 0 bridgehead atoms. The standard InChI is InChI=1S/C7H14F3NS/c1-6(2)11-4-3-5-12-7(8,9)10/h6,11H,3-5H2,1-2H3. The minimum atomic E-state index is -4.07. The Hall–Kier alpha value is 0.100. The predicted molar refractivity (Wildman–Crippen MR) is 46.3 cm³/mol. The number of rotatable bonds is 5. The predicted octanol–water partition coefficient (Wildman–Crippen LogP) is 2.63. The molecule has 0 spiro atoms. The Labute approximate surface area is 75.1 Å². The van der Waals surface area contributed by atoms with E-state index in [4.69, 9.17) is 0 Å². The Balaban J connectivity index is 3.12. The first kappa shape index (κ1) is 12.1. The highest BCUT2D eigenvalue weighted by Crippen LogP contribution is 2.30. The molecule has 0 fully saturated rings. The second kappa shape index (κ2) is 5.70. The topological polar surface area (TPSA) is 12.0 Å². The van der Waals surface area contributed by atoms with Crippen LogP contribution in [0.4, 0.5) is 13.2 Å². The van der Waals surface area contributed by atoms with E-state index in [9.17, 15) is 13.2 Å². The van der Waals surface area contributed by atoms with Crippen LogP contribution in [-0.4, -0.2) is 23.8 Å². The first-order valence-electron chi connectivity index (χ1n) is 3.86. The summed E-state index contributed by atoms with van der Waals surface area (Å²) < 4.78 is 34.8. The smallest absolute Gasteiger partial charge is 0.315 e. The van der Waals surface area contributed by atoms with Crippen LogP contribution < -0.4 is 5.32 Å². The van der Waals surface area contributed by atoms with E-state index < -0.39 is 5.51 Å². The number of hydrogen-bond donors (Lipinski definition) is 1. The zero-order valence-electron chi connectivity index (χ0n) is 7.24. The molecule has 1 nitrogen and oxygen atoms in total. The molecule has 0 aliphatic heterocycles. The molecular weight excluding hydrogens is 187 g/mol. The van der Waals surface area contributed by atoms with Crippen LogP contribution in [0.2, 0.25) is 0 Å². The summed E-state index contributed by atoms with van der Waals surface area (Å²) in [7, 11) is 0. The average molecular weight is 201 g/mol. The van der Waals surface area contributed by atoms with Crippen molar-refractivity contribution in [3.8, 4) is 0 Å². The Kier molecular flexibility index (Phi) is 5.74. The maximum atomic E-state index is 11.6. The lowest BCUT2D eigenvalue weighted by molar-refractivity contribution is -0.0327. The molecule has 0 atom stereocenters. The zero-order chi connectivity index (χ0) is 9.61. The van der Waals surface area contributed by atoms with Gasteiger partial charge in [0.2, 0.25) is 0 Å². The number of thioether (sulfide) groups is 1. The van der Waals surface area contributed by atoms with Gasteiger partial charge in [-0.05, 0) is 13.0 Å². The van der Waals surface area contributed by atoms with E-state index in [0.717, 1.165) is 0 Å². The highest BCUT2D eigenvalue weighted by atomic mass is 32.2. The van der Waals surface area contributed by atoms with Crippen molar-refractivity contribution in [3.63, 3.8) is 0 Å². The Bertz CT molecular complexity index is 114. The summed E-state index contributed by atoms with van der Waals surface area (Å²) in [6, 6.07) is 0.348. The van der Waals surface area contributed by atoms with Crippen molar-refractivity contribution in [1.82, 2.24) is 5.32 Å². The molecule has 0 heterocycles. The molecule has 12 heavy (non-hydrogen) atoms. The molecule has 5 heteroatoms. The maximum absolute atomic E-state index is 11.6. The van der Waals surface area contributed by atoms with Crippen LogP contribution in [0.5, 0.6) is 0 Å². The molecule has 0 aromatic heterocycles. The fourth-order valence-electron chi connectivity index (χ4n) is 0.651. The average Bonchev–Trinajstić information content (AvgIpc) is 1.83. The fraction of sp³-hybridized carbons (Fsp3) is 1.00. The normalized spacial score (nSPS) is 12.5. The van der Waals surface area contributed by atoms with Crippen LogP contribution >= 0.6 is 11.8 Å². The van der Waals surface area contributed by atoms with E-state index in [1.165, 1.54) is 0 Å². The third kappa shape index (κ3) is 10.1. The van der Waals surface area contributed by atoms with Crippen molar-refractivity contribution in [2.75, 3.05) is 12.3 Å². The van der Waals surface area contributed by atoms with E-state index in [2.05, 4.69) is 5.32 Å². The van der Waals surface area contributed by atoms with Crippen LogP contribution in [0.1, 0.15) is 20.3 Å². The van der Waals surface area contributed by atoms with Gasteiger partial charge < -0.3 is 5.32 Å². The molecule has 74 valence electrons. The van der Waals surface area contributed by atoms with E-state index in [1.807, 2.05) is 13.8 Å². The van der Waals surface area contributed by atoms with Gasteiger partial charge in [0, 0.05) is 11.8 Å². The minimum Gasteiger partial charge on any atom is -0.315 e. The van der Waals surface area contributed by atoms with Crippen molar-refractivity contribution < 1.29 is 13.2 Å². The summed E-state index contributed by atoms with van der Waals surface area (Å²) >= 11 is 0.0452. The van der Waals surface area contributed by atoms with Gasteiger partial charge in [0.25, 0.3) is 0 Å². The van der Waals surface area contributed by atoms with Gasteiger partial charge in [0.1, 0.15) is 0 Å². The number of alkyl halides is 3. The highest BCUT2D eigenvalue weighted by Gasteiger charge is 2.27. The SMILES string of the molecule is CC(C)NCCCSC(F)(F)F. The van der Waals surface area contributed by atoms with Gasteiger partial charge in [0.05, 0.1) is 0 Å². The second-order valence-electron chi connectivity index (χ2n) is 2.76. The number of halogens is 3. The lowest BCUT2D eigenvalue weighted by Crippen LogP contribution is -2.24. The Morgan fingerprint density at radius 2 is 1.92 bits per heavy atom. The number of hydrogen-bond acceptors (Lipinski definition) is 2. The van der Waals surface area contributed by atoms with Crippen LogP contribution in [0, 0.1) is 0 Å². The summed E-state index contributed by atoms with van der Waals surface area (Å²) in [4.78, 5) is 0. The van der Waals surface area contributed by atoms with Crippen LogP contribution in [0.15, 0.2) is 0 Å². The third-order valence-electron chi connectivity index (χ3n) is 1.14. The molecule has 0 unspecified atom stereocenters. The molecule has 1 N–H and O–H groups in total. The quantitative estimate of drug-likeness (QED) is 0.686. The lowest BCUT2D eigenvalue weighted by Gasteiger charge is -2.08. The fourth-order valence-corrected chi connectivity index (χ4v) is 1.17. The Morgan fingerprint density at radius 3 is 2.33 bits per heavy atom. The molecule has 0 radical (unpaired) electrons. The van der Waals surface area contributed by atoms with Gasteiger partial charge in [-0.1, -0.05) is 25.6 Å². The summed E-state index contributed by atoms with van der Waals surface area (Å²) in [5.41, 5.74) is -4.07. The van der Waals surface area contributed by atoms with Crippen molar-refractivity contribution in [1.29, 1.82) is 0 Å². The highest BCUT2D eigenvalue weighted by molar-refractivity contribution is 8.00. The largest absolute Gasteiger partial charge is 0.441 e. The molecule has 0 aliphatic rings. The summed E-state index contributed by atoms with van der Waals surface area (Å²) in [5.74, 6) is 0.142. The van der Waals surface area contributed by atoms with Gasteiger partial charge in [-0.2, -0.15) is 13.2 Å².